The molecule has 31 heavy (non-hydrogen) atoms. The van der Waals surface area contributed by atoms with E-state index < -0.39 is 0 Å². The van der Waals surface area contributed by atoms with E-state index in [0.29, 0.717) is 19.4 Å². The number of rotatable bonds is 7. The fourth-order valence-electron chi connectivity index (χ4n) is 4.05. The normalized spacial score (nSPS) is 16.2. The number of ether oxygens (including phenoxy) is 2. The first-order valence-electron chi connectivity index (χ1n) is 10.6. The van der Waals surface area contributed by atoms with Crippen LogP contribution in [-0.4, -0.2) is 43.1 Å². The molecule has 0 bridgehead atoms. The minimum Gasteiger partial charge on any atom is -0.497 e. The van der Waals surface area contributed by atoms with Gasteiger partial charge in [0.05, 0.1) is 32.8 Å². The number of amides is 1. The second kappa shape index (κ2) is 9.69. The first-order valence-corrected chi connectivity index (χ1v) is 10.6. The van der Waals surface area contributed by atoms with Gasteiger partial charge in [-0.3, -0.25) is 4.79 Å². The molecule has 4 rings (SSSR count). The zero-order valence-electron chi connectivity index (χ0n) is 18.0. The predicted molar refractivity (Wildman–Crippen MR) is 118 cm³/mol. The predicted octanol–water partition coefficient (Wildman–Crippen LogP) is 4.23. The van der Waals surface area contributed by atoms with Gasteiger partial charge in [0.15, 0.2) is 5.89 Å². The van der Waals surface area contributed by atoms with Crippen molar-refractivity contribution in [2.75, 3.05) is 27.3 Å². The van der Waals surface area contributed by atoms with Gasteiger partial charge in [-0.2, -0.15) is 0 Å². The van der Waals surface area contributed by atoms with Crippen LogP contribution in [0.4, 0.5) is 0 Å². The molecule has 2 aromatic carbocycles. The van der Waals surface area contributed by atoms with E-state index in [1.165, 1.54) is 0 Å². The molecule has 1 aromatic heterocycles. The highest BCUT2D eigenvalue weighted by Crippen LogP contribution is 2.28. The van der Waals surface area contributed by atoms with E-state index in [2.05, 4.69) is 4.98 Å². The van der Waals surface area contributed by atoms with Gasteiger partial charge in [-0.25, -0.2) is 4.98 Å². The Labute approximate surface area is 182 Å². The molecule has 1 fully saturated rings. The summed E-state index contributed by atoms with van der Waals surface area (Å²) >= 11 is 0. The van der Waals surface area contributed by atoms with E-state index in [1.54, 1.807) is 20.4 Å². The highest BCUT2D eigenvalue weighted by Gasteiger charge is 2.28. The lowest BCUT2D eigenvalue weighted by Gasteiger charge is -2.31. The fourth-order valence-corrected chi connectivity index (χ4v) is 4.05. The molecule has 3 aromatic rings. The maximum absolute atomic E-state index is 12.9. The highest BCUT2D eigenvalue weighted by molar-refractivity contribution is 5.79. The third-order valence-electron chi connectivity index (χ3n) is 5.70. The number of carbonyl (C=O) groups is 1. The molecular weight excluding hydrogens is 392 g/mol. The molecule has 1 amide bonds. The monoisotopic (exact) mass is 420 g/mol. The number of piperidine rings is 1. The number of methoxy groups -OCH3 is 2. The lowest BCUT2D eigenvalue weighted by Crippen LogP contribution is -2.40. The van der Waals surface area contributed by atoms with Crippen LogP contribution in [0.5, 0.6) is 11.5 Å². The summed E-state index contributed by atoms with van der Waals surface area (Å²) in [5.74, 6) is 3.39. The smallest absolute Gasteiger partial charge is 0.227 e. The zero-order chi connectivity index (χ0) is 21.6. The first kappa shape index (κ1) is 21.0. The average Bonchev–Trinajstić information content (AvgIpc) is 3.28. The zero-order valence-corrected chi connectivity index (χ0v) is 18.0. The van der Waals surface area contributed by atoms with Gasteiger partial charge < -0.3 is 18.8 Å². The summed E-state index contributed by atoms with van der Waals surface area (Å²) in [7, 11) is 3.30. The Hall–Kier alpha value is -3.28. The Morgan fingerprint density at radius 1 is 1.10 bits per heavy atom. The number of nitrogens with zero attached hydrogens (tertiary/aromatic N) is 2. The molecule has 6 heteroatoms. The average molecular weight is 421 g/mol. The van der Waals surface area contributed by atoms with E-state index in [1.807, 2.05) is 53.4 Å². The second-order valence-electron chi connectivity index (χ2n) is 7.90. The quantitative estimate of drug-likeness (QED) is 0.572. The van der Waals surface area contributed by atoms with Gasteiger partial charge in [-0.1, -0.05) is 24.3 Å². The number of benzene rings is 2. The summed E-state index contributed by atoms with van der Waals surface area (Å²) in [5, 5.41) is 0. The Morgan fingerprint density at radius 2 is 1.81 bits per heavy atom. The number of oxazole rings is 1. The van der Waals surface area contributed by atoms with E-state index >= 15 is 0 Å². The van der Waals surface area contributed by atoms with Crippen LogP contribution in [0.15, 0.2) is 59.1 Å². The number of hydrogen-bond donors (Lipinski definition) is 0. The van der Waals surface area contributed by atoms with Crippen LogP contribution in [0.3, 0.4) is 0 Å². The van der Waals surface area contributed by atoms with Crippen molar-refractivity contribution in [1.29, 1.82) is 0 Å². The van der Waals surface area contributed by atoms with Gasteiger partial charge in [0.1, 0.15) is 17.3 Å². The molecule has 0 spiro atoms. The van der Waals surface area contributed by atoms with Crippen molar-refractivity contribution in [2.24, 2.45) is 0 Å². The van der Waals surface area contributed by atoms with Gasteiger partial charge in [-0.15, -0.1) is 0 Å². The molecule has 162 valence electrons. The molecule has 0 N–H and O–H groups in total. The minimum absolute atomic E-state index is 0.126. The van der Waals surface area contributed by atoms with Crippen LogP contribution in [0.2, 0.25) is 0 Å². The topological polar surface area (TPSA) is 64.8 Å². The van der Waals surface area contributed by atoms with Gasteiger partial charge >= 0.3 is 0 Å². The number of aromatic nitrogens is 1. The minimum atomic E-state index is 0.126. The number of carbonyl (C=O) groups excluding carboxylic acids is 1. The van der Waals surface area contributed by atoms with Gasteiger partial charge in [0, 0.05) is 19.5 Å². The number of hydrogen-bond acceptors (Lipinski definition) is 5. The maximum atomic E-state index is 12.9. The summed E-state index contributed by atoms with van der Waals surface area (Å²) in [4.78, 5) is 19.3. The van der Waals surface area contributed by atoms with Crippen molar-refractivity contribution < 1.29 is 18.7 Å². The summed E-state index contributed by atoms with van der Waals surface area (Å²) < 4.78 is 16.6. The Kier molecular flexibility index (Phi) is 6.55. The molecule has 0 unspecified atom stereocenters. The number of likely N-dealkylation sites (tertiary alicyclic amines) is 1. The van der Waals surface area contributed by atoms with Crippen molar-refractivity contribution in [3.63, 3.8) is 0 Å². The Morgan fingerprint density at radius 3 is 2.55 bits per heavy atom. The van der Waals surface area contributed by atoms with Gasteiger partial charge in [0.25, 0.3) is 0 Å². The molecule has 1 saturated heterocycles. The maximum Gasteiger partial charge on any atom is 0.227 e. The van der Waals surface area contributed by atoms with E-state index in [4.69, 9.17) is 13.9 Å². The molecule has 1 aliphatic heterocycles. The second-order valence-corrected chi connectivity index (χ2v) is 7.90. The van der Waals surface area contributed by atoms with E-state index in [9.17, 15) is 4.79 Å². The highest BCUT2D eigenvalue weighted by atomic mass is 16.5. The summed E-state index contributed by atoms with van der Waals surface area (Å²) in [5.41, 5.74) is 2.07. The van der Waals surface area contributed by atoms with Crippen LogP contribution in [0, 0.1) is 0 Å². The fraction of sp³-hybridized carbons (Fsp3) is 0.360. The molecule has 0 radical (unpaired) electrons. The summed E-state index contributed by atoms with van der Waals surface area (Å²) in [6.45, 7) is 1.42. The lowest BCUT2D eigenvalue weighted by molar-refractivity contribution is -0.131. The van der Waals surface area contributed by atoms with Gasteiger partial charge in [0.2, 0.25) is 5.91 Å². The first-order chi connectivity index (χ1) is 15.1. The third-order valence-corrected chi connectivity index (χ3v) is 5.70. The van der Waals surface area contributed by atoms with Crippen LogP contribution in [0.25, 0.3) is 0 Å². The Balaban J connectivity index is 1.38. The SMILES string of the molecule is COc1cccc(CC(=O)N2CCC[C@H](c3ncc(Cc4cccc(OC)c4)o3)C2)c1. The molecule has 1 atom stereocenters. The molecule has 0 saturated carbocycles. The standard InChI is InChI=1S/C25H28N2O4/c1-29-21-9-3-6-18(12-21)14-23-16-26-25(31-23)20-8-5-11-27(17-20)24(28)15-19-7-4-10-22(13-19)30-2/h3-4,6-7,9-10,12-13,16,20H,5,8,11,14-15,17H2,1-2H3/t20-/m0/s1. The molecular formula is C25H28N2O4. The van der Waals surface area contributed by atoms with Crippen LogP contribution in [-0.2, 0) is 17.6 Å². The summed E-state index contributed by atoms with van der Waals surface area (Å²) in [6, 6.07) is 15.6. The third kappa shape index (κ3) is 5.26. The van der Waals surface area contributed by atoms with Crippen LogP contribution >= 0.6 is 0 Å². The van der Waals surface area contributed by atoms with Crippen molar-refractivity contribution in [1.82, 2.24) is 9.88 Å². The van der Waals surface area contributed by atoms with Crippen LogP contribution in [0.1, 0.15) is 41.5 Å². The lowest BCUT2D eigenvalue weighted by atomic mass is 9.97. The van der Waals surface area contributed by atoms with E-state index in [0.717, 1.165) is 53.7 Å². The molecule has 2 heterocycles. The van der Waals surface area contributed by atoms with Crippen molar-refractivity contribution >= 4 is 5.91 Å². The van der Waals surface area contributed by atoms with E-state index in [-0.39, 0.29) is 11.8 Å². The largest absolute Gasteiger partial charge is 0.497 e. The van der Waals surface area contributed by atoms with Crippen LogP contribution < -0.4 is 9.47 Å². The van der Waals surface area contributed by atoms with Crippen molar-refractivity contribution in [3.05, 3.63) is 77.5 Å². The van der Waals surface area contributed by atoms with Gasteiger partial charge in [-0.05, 0) is 48.2 Å². The molecule has 6 nitrogen and oxygen atoms in total. The molecule has 0 aliphatic carbocycles. The summed E-state index contributed by atoms with van der Waals surface area (Å²) in [6.07, 6.45) is 4.75. The molecule has 1 aliphatic rings. The van der Waals surface area contributed by atoms with Crippen molar-refractivity contribution in [2.45, 2.75) is 31.6 Å². The Bertz CT molecular complexity index is 1030. The van der Waals surface area contributed by atoms with Crippen molar-refractivity contribution in [3.8, 4) is 11.5 Å².